The monoisotopic (exact) mass is 293 g/mol. The van der Waals surface area contributed by atoms with Gasteiger partial charge in [-0.3, -0.25) is 4.90 Å². The van der Waals surface area contributed by atoms with Crippen LogP contribution in [0, 0.1) is 0 Å². The first-order valence-corrected chi connectivity index (χ1v) is 6.52. The molecule has 1 amide bonds. The van der Waals surface area contributed by atoms with E-state index in [9.17, 15) is 4.79 Å². The topological polar surface area (TPSA) is 55.3 Å². The van der Waals surface area contributed by atoms with Crippen LogP contribution in [0.3, 0.4) is 0 Å². The molecule has 0 saturated heterocycles. The summed E-state index contributed by atoms with van der Waals surface area (Å²) >= 11 is 5.82. The summed E-state index contributed by atoms with van der Waals surface area (Å²) in [5.74, 6) is 0.496. The molecule has 0 aliphatic carbocycles. The van der Waals surface area contributed by atoms with E-state index in [0.717, 1.165) is 10.8 Å². The number of carbonyl (C=O) groups excluding carboxylic acids is 1. The van der Waals surface area contributed by atoms with Gasteiger partial charge in [0.25, 0.3) is 0 Å². The zero-order valence-corrected chi connectivity index (χ0v) is 12.6. The van der Waals surface area contributed by atoms with Crippen LogP contribution in [0.25, 0.3) is 10.8 Å². The van der Waals surface area contributed by atoms with Gasteiger partial charge in [0.2, 0.25) is 0 Å². The fourth-order valence-electron chi connectivity index (χ4n) is 1.61. The lowest BCUT2D eigenvalue weighted by molar-refractivity contribution is 0.0588. The van der Waals surface area contributed by atoms with Crippen LogP contribution in [0.4, 0.5) is 10.6 Å². The third-order valence-electron chi connectivity index (χ3n) is 2.57. The fourth-order valence-corrected chi connectivity index (χ4v) is 1.77. The third-order valence-corrected chi connectivity index (χ3v) is 2.77. The van der Waals surface area contributed by atoms with Crippen molar-refractivity contribution in [2.75, 3.05) is 11.9 Å². The molecule has 0 aromatic carbocycles. The summed E-state index contributed by atoms with van der Waals surface area (Å²) in [5, 5.41) is 2.13. The minimum atomic E-state index is -0.544. The van der Waals surface area contributed by atoms with Gasteiger partial charge >= 0.3 is 6.09 Å². The minimum absolute atomic E-state index is 0.410. The second-order valence-electron chi connectivity index (χ2n) is 5.44. The molecule has 0 bridgehead atoms. The Morgan fingerprint density at radius 2 is 1.80 bits per heavy atom. The van der Waals surface area contributed by atoms with E-state index in [1.165, 1.54) is 4.90 Å². The summed E-state index contributed by atoms with van der Waals surface area (Å²) in [6.07, 6.45) is 2.84. The maximum atomic E-state index is 12.0. The molecule has 0 saturated carbocycles. The number of aromatic nitrogens is 2. The molecule has 0 atom stereocenters. The summed E-state index contributed by atoms with van der Waals surface area (Å²) in [7, 11) is 1.62. The molecule has 2 aromatic heterocycles. The zero-order chi connectivity index (χ0) is 14.9. The number of hydrogen-bond acceptors (Lipinski definition) is 4. The first-order valence-electron chi connectivity index (χ1n) is 6.14. The number of ether oxygens (including phenoxy) is 1. The molecule has 5 nitrogen and oxygen atoms in total. The van der Waals surface area contributed by atoms with Crippen molar-refractivity contribution in [1.29, 1.82) is 0 Å². The quantitative estimate of drug-likeness (QED) is 0.753. The molecule has 0 aliphatic rings. The van der Waals surface area contributed by atoms with Crippen LogP contribution < -0.4 is 4.90 Å². The van der Waals surface area contributed by atoms with Crippen molar-refractivity contribution in [2.24, 2.45) is 0 Å². The summed E-state index contributed by atoms with van der Waals surface area (Å²) < 4.78 is 5.30. The molecule has 0 fully saturated rings. The van der Waals surface area contributed by atoms with Gasteiger partial charge in [0.1, 0.15) is 16.6 Å². The molecule has 106 valence electrons. The summed E-state index contributed by atoms with van der Waals surface area (Å²) in [4.78, 5) is 21.6. The van der Waals surface area contributed by atoms with Crippen molar-refractivity contribution >= 4 is 34.3 Å². The Bertz CT molecular complexity index is 652. The zero-order valence-electron chi connectivity index (χ0n) is 11.8. The average molecular weight is 294 g/mol. The second-order valence-corrected chi connectivity index (χ2v) is 5.82. The Hall–Kier alpha value is -1.88. The number of halogens is 1. The third kappa shape index (κ3) is 3.36. The van der Waals surface area contributed by atoms with Crippen LogP contribution in [0.5, 0.6) is 0 Å². The molecule has 0 N–H and O–H groups in total. The van der Waals surface area contributed by atoms with Gasteiger partial charge in [0, 0.05) is 30.2 Å². The normalized spacial score (nSPS) is 11.4. The molecule has 0 aliphatic heterocycles. The summed E-state index contributed by atoms with van der Waals surface area (Å²) in [6.45, 7) is 5.45. The number of amides is 1. The lowest BCUT2D eigenvalue weighted by Gasteiger charge is -2.24. The fraction of sp³-hybridized carbons (Fsp3) is 0.357. The predicted molar refractivity (Wildman–Crippen MR) is 79.2 cm³/mol. The Morgan fingerprint density at radius 3 is 2.45 bits per heavy atom. The molecular formula is C14H16ClN3O2. The summed E-state index contributed by atoms with van der Waals surface area (Å²) in [5.41, 5.74) is -0.544. The maximum Gasteiger partial charge on any atom is 0.415 e. The van der Waals surface area contributed by atoms with Gasteiger partial charge in [-0.05, 0) is 32.9 Å². The van der Waals surface area contributed by atoms with Crippen molar-refractivity contribution < 1.29 is 9.53 Å². The highest BCUT2D eigenvalue weighted by atomic mass is 35.5. The van der Waals surface area contributed by atoms with Gasteiger partial charge in [0.15, 0.2) is 0 Å². The van der Waals surface area contributed by atoms with E-state index in [1.54, 1.807) is 31.6 Å². The highest BCUT2D eigenvalue weighted by Gasteiger charge is 2.21. The van der Waals surface area contributed by atoms with Crippen molar-refractivity contribution in [1.82, 2.24) is 9.97 Å². The van der Waals surface area contributed by atoms with Gasteiger partial charge in [-0.15, -0.1) is 0 Å². The van der Waals surface area contributed by atoms with E-state index in [1.807, 2.05) is 20.8 Å². The van der Waals surface area contributed by atoms with Crippen LogP contribution >= 0.6 is 11.6 Å². The Morgan fingerprint density at radius 1 is 1.20 bits per heavy atom. The number of pyridine rings is 2. The second kappa shape index (κ2) is 5.25. The maximum absolute atomic E-state index is 12.0. The molecule has 2 heterocycles. The number of nitrogens with zero attached hydrogens (tertiary/aromatic N) is 3. The van der Waals surface area contributed by atoms with Gasteiger partial charge < -0.3 is 4.74 Å². The lowest BCUT2D eigenvalue weighted by Crippen LogP contribution is -2.34. The molecule has 0 spiro atoms. The van der Waals surface area contributed by atoms with Crippen LogP contribution in [-0.4, -0.2) is 28.7 Å². The van der Waals surface area contributed by atoms with E-state index in [2.05, 4.69) is 9.97 Å². The highest BCUT2D eigenvalue weighted by Crippen LogP contribution is 2.21. The van der Waals surface area contributed by atoms with Gasteiger partial charge in [-0.1, -0.05) is 11.6 Å². The number of carbonyl (C=O) groups is 1. The SMILES string of the molecule is CN(C(=O)OC(C)(C)C)c1cc2cnc(Cl)cc2cn1. The number of rotatable bonds is 1. The lowest BCUT2D eigenvalue weighted by atomic mass is 10.2. The summed E-state index contributed by atoms with van der Waals surface area (Å²) in [6, 6.07) is 3.49. The molecule has 0 unspecified atom stereocenters. The smallest absolute Gasteiger partial charge is 0.415 e. The highest BCUT2D eigenvalue weighted by molar-refractivity contribution is 6.30. The largest absolute Gasteiger partial charge is 0.443 e. The number of fused-ring (bicyclic) bond motifs is 1. The van der Waals surface area contributed by atoms with E-state index in [4.69, 9.17) is 16.3 Å². The van der Waals surface area contributed by atoms with Crippen LogP contribution in [0.2, 0.25) is 5.15 Å². The molecular weight excluding hydrogens is 278 g/mol. The Kier molecular flexibility index (Phi) is 3.81. The first-order chi connectivity index (χ1) is 9.26. The molecule has 0 radical (unpaired) electrons. The van der Waals surface area contributed by atoms with Gasteiger partial charge in [0.05, 0.1) is 0 Å². The standard InChI is InChI=1S/C14H16ClN3O2/c1-14(2,3)20-13(19)18(4)12-6-10-7-16-11(15)5-9(10)8-17-12/h5-8H,1-4H3. The van der Waals surface area contributed by atoms with Gasteiger partial charge in [-0.25, -0.2) is 14.8 Å². The average Bonchev–Trinajstić information content (AvgIpc) is 2.35. The molecule has 2 aromatic rings. The number of hydrogen-bond donors (Lipinski definition) is 0. The predicted octanol–water partition coefficient (Wildman–Crippen LogP) is 3.65. The van der Waals surface area contributed by atoms with Crippen molar-refractivity contribution in [2.45, 2.75) is 26.4 Å². The molecule has 20 heavy (non-hydrogen) atoms. The minimum Gasteiger partial charge on any atom is -0.443 e. The first kappa shape index (κ1) is 14.5. The van der Waals surface area contributed by atoms with Crippen molar-refractivity contribution in [3.63, 3.8) is 0 Å². The molecule has 2 rings (SSSR count). The van der Waals surface area contributed by atoms with Gasteiger partial charge in [-0.2, -0.15) is 0 Å². The van der Waals surface area contributed by atoms with Crippen molar-refractivity contribution in [3.8, 4) is 0 Å². The van der Waals surface area contributed by atoms with Crippen LogP contribution in [-0.2, 0) is 4.74 Å². The molecule has 6 heteroatoms. The van der Waals surface area contributed by atoms with E-state index in [-0.39, 0.29) is 0 Å². The Balaban J connectivity index is 2.28. The van der Waals surface area contributed by atoms with E-state index < -0.39 is 11.7 Å². The Labute approximate surface area is 122 Å². The van der Waals surface area contributed by atoms with Crippen LogP contribution in [0.1, 0.15) is 20.8 Å². The van der Waals surface area contributed by atoms with Crippen molar-refractivity contribution in [3.05, 3.63) is 29.7 Å². The van der Waals surface area contributed by atoms with E-state index >= 15 is 0 Å². The van der Waals surface area contributed by atoms with E-state index in [0.29, 0.717) is 11.0 Å². The number of anilines is 1. The van der Waals surface area contributed by atoms with Crippen LogP contribution in [0.15, 0.2) is 24.5 Å².